The van der Waals surface area contributed by atoms with E-state index in [0.29, 0.717) is 16.0 Å². The molecule has 1 unspecified atom stereocenters. The van der Waals surface area contributed by atoms with Gasteiger partial charge in [0.1, 0.15) is 17.4 Å². The molecule has 2 aliphatic rings. The SMILES string of the molecule is CN(C(=O)N1CC(c2cc(F)ccc2F)=CC1c1cccc(O)c1)C1CCN(C(F)(F)C(=O)OF)CC1. The summed E-state index contributed by atoms with van der Waals surface area (Å²) in [5.41, 5.74) is 0.900. The highest BCUT2D eigenvalue weighted by molar-refractivity contribution is 5.82. The predicted molar refractivity (Wildman–Crippen MR) is 122 cm³/mol. The number of nitrogens with zero attached hydrogens (tertiary/aromatic N) is 3. The number of phenols is 1. The van der Waals surface area contributed by atoms with Gasteiger partial charge in [-0.15, -0.1) is 0 Å². The monoisotopic (exact) mass is 525 g/mol. The Bertz CT molecular complexity index is 1220. The summed E-state index contributed by atoms with van der Waals surface area (Å²) in [7, 11) is 1.50. The molecule has 1 N–H and O–H groups in total. The van der Waals surface area contributed by atoms with Crippen LogP contribution in [0.5, 0.6) is 5.75 Å². The van der Waals surface area contributed by atoms with Crippen molar-refractivity contribution < 1.29 is 41.7 Å². The Kier molecular flexibility index (Phi) is 7.39. The first-order valence-corrected chi connectivity index (χ1v) is 11.5. The quantitative estimate of drug-likeness (QED) is 0.455. The van der Waals surface area contributed by atoms with Gasteiger partial charge in [0.2, 0.25) is 0 Å². The van der Waals surface area contributed by atoms with Crippen LogP contribution in [-0.2, 0) is 9.74 Å². The highest BCUT2D eigenvalue weighted by Crippen LogP contribution is 2.38. The summed E-state index contributed by atoms with van der Waals surface area (Å²) in [6, 6.07) is 3.36. The summed E-state index contributed by atoms with van der Waals surface area (Å²) in [5, 5.41) is 9.96. The van der Waals surface area contributed by atoms with Crippen LogP contribution in [0.4, 0.5) is 26.9 Å². The molecule has 1 saturated heterocycles. The van der Waals surface area contributed by atoms with Gasteiger partial charge >= 0.3 is 18.0 Å². The molecule has 2 aromatic carbocycles. The fraction of sp³-hybridized carbons (Fsp3) is 0.360. The topological polar surface area (TPSA) is 73.3 Å². The minimum absolute atomic E-state index is 0.00149. The first-order valence-electron chi connectivity index (χ1n) is 11.5. The van der Waals surface area contributed by atoms with E-state index in [1.54, 1.807) is 18.2 Å². The van der Waals surface area contributed by atoms with Gasteiger partial charge in [0.05, 0.1) is 6.04 Å². The molecular weight excluding hydrogens is 501 g/mol. The Hall–Kier alpha value is -3.67. The maximum atomic E-state index is 14.5. The van der Waals surface area contributed by atoms with Gasteiger partial charge < -0.3 is 14.9 Å². The van der Waals surface area contributed by atoms with Crippen LogP contribution in [0.2, 0.25) is 0 Å². The summed E-state index contributed by atoms with van der Waals surface area (Å²) in [6.45, 7) is -0.653. The van der Waals surface area contributed by atoms with Crippen molar-refractivity contribution in [3.8, 4) is 5.75 Å². The van der Waals surface area contributed by atoms with E-state index >= 15 is 0 Å². The molecule has 2 heterocycles. The molecule has 0 saturated carbocycles. The molecule has 2 amide bonds. The molecule has 7 nitrogen and oxygen atoms in total. The molecule has 37 heavy (non-hydrogen) atoms. The van der Waals surface area contributed by atoms with Crippen molar-refractivity contribution in [1.29, 1.82) is 0 Å². The lowest BCUT2D eigenvalue weighted by Crippen LogP contribution is -2.55. The van der Waals surface area contributed by atoms with E-state index < -0.39 is 41.8 Å². The van der Waals surface area contributed by atoms with E-state index in [-0.39, 0.29) is 43.8 Å². The number of carbonyl (C=O) groups excluding carboxylic acids is 2. The van der Waals surface area contributed by atoms with E-state index in [9.17, 15) is 36.8 Å². The van der Waals surface area contributed by atoms with Gasteiger partial charge in [0.15, 0.2) is 0 Å². The Morgan fingerprint density at radius 1 is 1.11 bits per heavy atom. The molecule has 4 rings (SSSR count). The van der Waals surface area contributed by atoms with Crippen LogP contribution < -0.4 is 0 Å². The van der Waals surface area contributed by atoms with Crippen molar-refractivity contribution in [2.45, 2.75) is 31.0 Å². The number of likely N-dealkylation sites (tertiary alicyclic amines) is 1. The first-order chi connectivity index (χ1) is 17.5. The second-order valence-corrected chi connectivity index (χ2v) is 9.00. The number of aromatic hydroxyl groups is 1. The number of phenolic OH excluding ortho intramolecular Hbond substituents is 1. The van der Waals surface area contributed by atoms with Crippen LogP contribution in [0.15, 0.2) is 48.5 Å². The number of alkyl halides is 2. The summed E-state index contributed by atoms with van der Waals surface area (Å²) in [5.74, 6) is -3.65. The van der Waals surface area contributed by atoms with Crippen LogP contribution >= 0.6 is 0 Å². The highest BCUT2D eigenvalue weighted by atomic mass is 19.3. The number of piperidine rings is 1. The average molecular weight is 525 g/mol. The summed E-state index contributed by atoms with van der Waals surface area (Å²) < 4.78 is 68.5. The smallest absolute Gasteiger partial charge is 0.434 e. The number of hydrogen-bond donors (Lipinski definition) is 1. The van der Waals surface area contributed by atoms with Crippen LogP contribution in [0, 0.1) is 11.6 Å². The number of benzene rings is 2. The van der Waals surface area contributed by atoms with Crippen LogP contribution in [-0.4, -0.2) is 70.6 Å². The molecule has 0 radical (unpaired) electrons. The van der Waals surface area contributed by atoms with E-state index in [1.807, 2.05) is 0 Å². The Morgan fingerprint density at radius 2 is 1.81 bits per heavy atom. The van der Waals surface area contributed by atoms with Gasteiger partial charge in [-0.2, -0.15) is 8.78 Å². The van der Waals surface area contributed by atoms with E-state index in [1.165, 1.54) is 29.0 Å². The molecule has 0 spiro atoms. The first kappa shape index (κ1) is 26.4. The molecule has 0 aliphatic carbocycles. The second kappa shape index (κ2) is 10.4. The number of amides is 2. The predicted octanol–water partition coefficient (Wildman–Crippen LogP) is 4.65. The standard InChI is InChI=1S/C25H24F5N3O4/c1-31(18-7-9-32(10-8-18)25(28,29)23(35)37-30)24(36)33-14-16(20-13-17(26)5-6-21(20)27)12-22(33)15-3-2-4-19(34)11-15/h2-6,11-13,18,22,34H,7-10,14H2,1H3. The zero-order chi connectivity index (χ0) is 26.9. The third-order valence-electron chi connectivity index (χ3n) is 6.79. The van der Waals surface area contributed by atoms with Gasteiger partial charge in [0, 0.05) is 42.8 Å². The van der Waals surface area contributed by atoms with Gasteiger partial charge in [0.25, 0.3) is 0 Å². The molecule has 2 aromatic rings. The average Bonchev–Trinajstić information content (AvgIpc) is 3.34. The van der Waals surface area contributed by atoms with Crippen LogP contribution in [0.3, 0.4) is 0 Å². The Morgan fingerprint density at radius 3 is 2.46 bits per heavy atom. The molecule has 1 atom stereocenters. The van der Waals surface area contributed by atoms with Crippen LogP contribution in [0.1, 0.15) is 30.0 Å². The maximum absolute atomic E-state index is 14.5. The third-order valence-corrected chi connectivity index (χ3v) is 6.79. The summed E-state index contributed by atoms with van der Waals surface area (Å²) >= 11 is 0. The molecular formula is C25H24F5N3O4. The normalized spacial score (nSPS) is 19.0. The number of carbonyl (C=O) groups is 2. The molecule has 2 aliphatic heterocycles. The van der Waals surface area contributed by atoms with Crippen molar-refractivity contribution >= 4 is 17.6 Å². The summed E-state index contributed by atoms with van der Waals surface area (Å²) in [4.78, 5) is 30.6. The molecule has 0 bridgehead atoms. The number of urea groups is 1. The van der Waals surface area contributed by atoms with E-state index in [4.69, 9.17) is 0 Å². The minimum atomic E-state index is -4.13. The van der Waals surface area contributed by atoms with Crippen LogP contribution in [0.25, 0.3) is 5.57 Å². The van der Waals surface area contributed by atoms with Crippen molar-refractivity contribution in [2.24, 2.45) is 0 Å². The van der Waals surface area contributed by atoms with Crippen molar-refractivity contribution in [1.82, 2.24) is 14.7 Å². The minimum Gasteiger partial charge on any atom is -0.508 e. The highest BCUT2D eigenvalue weighted by Gasteiger charge is 2.49. The van der Waals surface area contributed by atoms with Gasteiger partial charge in [-0.1, -0.05) is 18.2 Å². The lowest BCUT2D eigenvalue weighted by Gasteiger charge is -2.40. The number of hydrogen-bond acceptors (Lipinski definition) is 5. The molecule has 0 aromatic heterocycles. The Balaban J connectivity index is 1.55. The van der Waals surface area contributed by atoms with Gasteiger partial charge in [-0.3, -0.25) is 0 Å². The summed E-state index contributed by atoms with van der Waals surface area (Å²) in [6.07, 6.45) is 1.76. The van der Waals surface area contributed by atoms with Gasteiger partial charge in [-0.05, 0) is 54.3 Å². The molecule has 12 heteroatoms. The largest absolute Gasteiger partial charge is 0.508 e. The Labute approximate surface area is 209 Å². The van der Waals surface area contributed by atoms with E-state index in [2.05, 4.69) is 4.94 Å². The second-order valence-electron chi connectivity index (χ2n) is 9.00. The number of halogens is 5. The lowest BCUT2D eigenvalue weighted by atomic mass is 10.0. The van der Waals surface area contributed by atoms with Gasteiger partial charge in [-0.25, -0.2) is 28.2 Å². The molecule has 1 fully saturated rings. The third kappa shape index (κ3) is 5.24. The number of rotatable bonds is 5. The van der Waals surface area contributed by atoms with E-state index in [0.717, 1.165) is 18.2 Å². The van der Waals surface area contributed by atoms with Crippen molar-refractivity contribution in [3.05, 3.63) is 71.3 Å². The van der Waals surface area contributed by atoms with Crippen molar-refractivity contribution in [3.63, 3.8) is 0 Å². The fourth-order valence-electron chi connectivity index (χ4n) is 4.77. The zero-order valence-electron chi connectivity index (χ0n) is 19.7. The zero-order valence-corrected chi connectivity index (χ0v) is 19.7. The maximum Gasteiger partial charge on any atom is 0.434 e. The molecule has 198 valence electrons. The lowest BCUT2D eigenvalue weighted by molar-refractivity contribution is -0.239. The van der Waals surface area contributed by atoms with Crippen molar-refractivity contribution in [2.75, 3.05) is 26.7 Å². The fourth-order valence-corrected chi connectivity index (χ4v) is 4.77.